The van der Waals surface area contributed by atoms with Gasteiger partial charge < -0.3 is 15.0 Å². The van der Waals surface area contributed by atoms with Gasteiger partial charge in [-0.25, -0.2) is 4.68 Å². The molecule has 1 atom stereocenters. The van der Waals surface area contributed by atoms with Crippen LogP contribution >= 0.6 is 0 Å². The number of hydrogen-bond donors (Lipinski definition) is 1. The molecule has 5 rings (SSSR count). The van der Waals surface area contributed by atoms with Crippen LogP contribution in [0.4, 0.5) is 5.69 Å². The summed E-state index contributed by atoms with van der Waals surface area (Å²) in [5, 5.41) is 18.1. The predicted molar refractivity (Wildman–Crippen MR) is 138 cm³/mol. The van der Waals surface area contributed by atoms with E-state index < -0.39 is 0 Å². The molecule has 1 saturated heterocycles. The van der Waals surface area contributed by atoms with Gasteiger partial charge in [-0.15, -0.1) is 0 Å². The van der Waals surface area contributed by atoms with Crippen molar-refractivity contribution in [3.63, 3.8) is 0 Å². The molecule has 4 aromatic rings. The van der Waals surface area contributed by atoms with Gasteiger partial charge in [-0.1, -0.05) is 19.9 Å². The van der Waals surface area contributed by atoms with Gasteiger partial charge in [-0.3, -0.25) is 9.78 Å². The molecule has 0 radical (unpaired) electrons. The smallest absolute Gasteiger partial charge is 0.255 e. The molecule has 36 heavy (non-hydrogen) atoms. The number of likely N-dealkylation sites (N-methyl/N-ethyl adjacent to an activating group) is 1. The maximum atomic E-state index is 13.2. The Morgan fingerprint density at radius 2 is 2.08 bits per heavy atom. The zero-order valence-corrected chi connectivity index (χ0v) is 20.6. The highest BCUT2D eigenvalue weighted by molar-refractivity contribution is 6.06. The largest absolute Gasteiger partial charge is 0.369 e. The minimum Gasteiger partial charge on any atom is -0.369 e. The van der Waals surface area contributed by atoms with Crippen molar-refractivity contribution in [2.24, 2.45) is 0 Å². The van der Waals surface area contributed by atoms with Gasteiger partial charge in [-0.2, -0.15) is 10.4 Å². The first-order valence-corrected chi connectivity index (χ1v) is 12.0. The standard InChI is InChI=1S/C28H28N6O2/c1-18(2)27-19(15-29)5-4-6-23(27)28(35)32-21-8-7-20-16-31-34(25(20)13-21)22-9-10-30-24(14-22)26-17-33(3)11-12-36-26/h4-10,13-14,16,18,26H,11-12,17H2,1-3H3,(H,32,35). The third-order valence-electron chi connectivity index (χ3n) is 6.49. The van der Waals surface area contributed by atoms with Crippen LogP contribution in [-0.2, 0) is 4.74 Å². The van der Waals surface area contributed by atoms with Crippen molar-refractivity contribution in [3.05, 3.63) is 83.3 Å². The van der Waals surface area contributed by atoms with Gasteiger partial charge in [0.05, 0.1) is 41.3 Å². The van der Waals surface area contributed by atoms with Gasteiger partial charge in [-0.05, 0) is 61.0 Å². The minimum absolute atomic E-state index is 0.0410. The van der Waals surface area contributed by atoms with Crippen LogP contribution in [0.15, 0.2) is 60.9 Å². The number of carbonyl (C=O) groups excluding carboxylic acids is 1. The first-order chi connectivity index (χ1) is 17.4. The van der Waals surface area contributed by atoms with E-state index in [0.717, 1.165) is 40.9 Å². The highest BCUT2D eigenvalue weighted by Gasteiger charge is 2.22. The fourth-order valence-electron chi connectivity index (χ4n) is 4.68. The maximum Gasteiger partial charge on any atom is 0.255 e. The topological polar surface area (TPSA) is 96.1 Å². The van der Waals surface area contributed by atoms with Gasteiger partial charge in [0.15, 0.2) is 0 Å². The van der Waals surface area contributed by atoms with Crippen LogP contribution in [-0.4, -0.2) is 52.3 Å². The van der Waals surface area contributed by atoms with Crippen LogP contribution in [0, 0.1) is 11.3 Å². The van der Waals surface area contributed by atoms with Crippen molar-refractivity contribution in [3.8, 4) is 11.8 Å². The van der Waals surface area contributed by atoms with E-state index in [4.69, 9.17) is 4.74 Å². The Labute approximate surface area is 210 Å². The summed E-state index contributed by atoms with van der Waals surface area (Å²) >= 11 is 0. The second kappa shape index (κ2) is 9.90. The van der Waals surface area contributed by atoms with Crippen molar-refractivity contribution >= 4 is 22.5 Å². The molecule has 3 heterocycles. The van der Waals surface area contributed by atoms with E-state index in [1.165, 1.54) is 0 Å². The fraction of sp³-hybridized carbons (Fsp3) is 0.286. The summed E-state index contributed by atoms with van der Waals surface area (Å²) in [7, 11) is 2.08. The van der Waals surface area contributed by atoms with Gasteiger partial charge >= 0.3 is 0 Å². The minimum atomic E-state index is -0.244. The molecule has 1 unspecified atom stereocenters. The van der Waals surface area contributed by atoms with Gasteiger partial charge in [0.1, 0.15) is 6.10 Å². The summed E-state index contributed by atoms with van der Waals surface area (Å²) < 4.78 is 7.79. The van der Waals surface area contributed by atoms with E-state index in [0.29, 0.717) is 23.4 Å². The molecule has 1 N–H and O–H groups in total. The summed E-state index contributed by atoms with van der Waals surface area (Å²) in [5.41, 5.74) is 5.04. The number of rotatable bonds is 5. The SMILES string of the molecule is CC(C)c1c(C#N)cccc1C(=O)Nc1ccc2cnn(-c3ccnc(C4CN(C)CCO4)c3)c2c1. The van der Waals surface area contributed by atoms with E-state index in [9.17, 15) is 10.1 Å². The van der Waals surface area contributed by atoms with E-state index in [1.807, 2.05) is 48.9 Å². The molecule has 0 bridgehead atoms. The Morgan fingerprint density at radius 1 is 1.22 bits per heavy atom. The first kappa shape index (κ1) is 23.7. The lowest BCUT2D eigenvalue weighted by molar-refractivity contribution is -0.0231. The molecule has 1 aliphatic rings. The number of nitrogens with zero attached hydrogens (tertiary/aromatic N) is 5. The number of benzene rings is 2. The van der Waals surface area contributed by atoms with Crippen LogP contribution in [0.5, 0.6) is 0 Å². The Bertz CT molecular complexity index is 1470. The van der Waals surface area contributed by atoms with Gasteiger partial charge in [0, 0.05) is 35.9 Å². The number of aromatic nitrogens is 3. The highest BCUT2D eigenvalue weighted by atomic mass is 16.5. The Balaban J connectivity index is 1.46. The molecular formula is C28H28N6O2. The van der Waals surface area contributed by atoms with Crippen molar-refractivity contribution in [2.75, 3.05) is 32.1 Å². The molecule has 8 nitrogen and oxygen atoms in total. The van der Waals surface area contributed by atoms with Crippen molar-refractivity contribution in [1.82, 2.24) is 19.7 Å². The number of hydrogen-bond acceptors (Lipinski definition) is 6. The zero-order valence-electron chi connectivity index (χ0n) is 20.6. The quantitative estimate of drug-likeness (QED) is 0.446. The average molecular weight is 481 g/mol. The number of morpholine rings is 1. The first-order valence-electron chi connectivity index (χ1n) is 12.0. The summed E-state index contributed by atoms with van der Waals surface area (Å²) in [5.74, 6) is -0.203. The molecule has 1 aliphatic heterocycles. The molecule has 8 heteroatoms. The second-order valence-corrected chi connectivity index (χ2v) is 9.38. The van der Waals surface area contributed by atoms with Crippen molar-refractivity contribution < 1.29 is 9.53 Å². The number of nitrogens with one attached hydrogen (secondary N) is 1. The summed E-state index contributed by atoms with van der Waals surface area (Å²) in [6.45, 7) is 6.34. The second-order valence-electron chi connectivity index (χ2n) is 9.38. The van der Waals surface area contributed by atoms with Crippen molar-refractivity contribution in [1.29, 1.82) is 5.26 Å². The zero-order chi connectivity index (χ0) is 25.2. The third-order valence-corrected chi connectivity index (χ3v) is 6.49. The van der Waals surface area contributed by atoms with E-state index >= 15 is 0 Å². The fourth-order valence-corrected chi connectivity index (χ4v) is 4.68. The lowest BCUT2D eigenvalue weighted by atomic mass is 9.92. The van der Waals surface area contributed by atoms with E-state index in [1.54, 1.807) is 30.6 Å². The van der Waals surface area contributed by atoms with Crippen LogP contribution in [0.1, 0.15) is 53.0 Å². The number of nitriles is 1. The number of anilines is 1. The molecule has 2 aromatic carbocycles. The lowest BCUT2D eigenvalue weighted by Gasteiger charge is -2.29. The highest BCUT2D eigenvalue weighted by Crippen LogP contribution is 2.27. The molecule has 2 aromatic heterocycles. The van der Waals surface area contributed by atoms with Crippen LogP contribution in [0.25, 0.3) is 16.6 Å². The van der Waals surface area contributed by atoms with Crippen LogP contribution in [0.2, 0.25) is 0 Å². The van der Waals surface area contributed by atoms with Crippen LogP contribution in [0.3, 0.4) is 0 Å². The molecule has 0 saturated carbocycles. The van der Waals surface area contributed by atoms with E-state index in [-0.39, 0.29) is 17.9 Å². The van der Waals surface area contributed by atoms with Gasteiger partial charge in [0.2, 0.25) is 0 Å². The van der Waals surface area contributed by atoms with E-state index in [2.05, 4.69) is 33.4 Å². The van der Waals surface area contributed by atoms with Crippen molar-refractivity contribution in [2.45, 2.75) is 25.9 Å². The Morgan fingerprint density at radius 3 is 2.86 bits per heavy atom. The Hall–Kier alpha value is -4.06. The average Bonchev–Trinajstić information content (AvgIpc) is 3.31. The number of ether oxygens (including phenoxy) is 1. The third kappa shape index (κ3) is 4.59. The molecule has 0 spiro atoms. The Kier molecular flexibility index (Phi) is 6.51. The number of carbonyl (C=O) groups is 1. The summed E-state index contributed by atoms with van der Waals surface area (Å²) in [6.07, 6.45) is 3.50. The lowest BCUT2D eigenvalue weighted by Crippen LogP contribution is -2.35. The molecular weight excluding hydrogens is 452 g/mol. The molecule has 1 amide bonds. The molecule has 0 aliphatic carbocycles. The normalized spacial score (nSPS) is 16.2. The summed E-state index contributed by atoms with van der Waals surface area (Å²) in [4.78, 5) is 20.0. The monoisotopic (exact) mass is 480 g/mol. The molecule has 1 fully saturated rings. The summed E-state index contributed by atoms with van der Waals surface area (Å²) in [6, 6.07) is 17.1. The van der Waals surface area contributed by atoms with Crippen LogP contribution < -0.4 is 5.32 Å². The van der Waals surface area contributed by atoms with Gasteiger partial charge in [0.25, 0.3) is 5.91 Å². The predicted octanol–water partition coefficient (Wildman–Crippen LogP) is 4.67. The molecule has 182 valence electrons. The maximum absolute atomic E-state index is 13.2. The number of pyridine rings is 1. The number of amides is 1. The number of fused-ring (bicyclic) bond motifs is 1.